The van der Waals surface area contributed by atoms with Crippen LogP contribution in [0.1, 0.15) is 36.0 Å². The number of carbonyl (C=O) groups is 3. The number of benzene rings is 3. The summed E-state index contributed by atoms with van der Waals surface area (Å²) in [7, 11) is 1.72. The van der Waals surface area contributed by atoms with Crippen LogP contribution in [0.5, 0.6) is 0 Å². The second-order valence-electron chi connectivity index (χ2n) is 8.32. The first-order chi connectivity index (χ1) is 16.2. The number of para-hydroxylation sites is 1. The summed E-state index contributed by atoms with van der Waals surface area (Å²) < 4.78 is 0. The number of hydrogen-bond acceptors (Lipinski definition) is 3. The van der Waals surface area contributed by atoms with Crippen LogP contribution in [0.2, 0.25) is 0 Å². The lowest BCUT2D eigenvalue weighted by Crippen LogP contribution is -2.31. The third kappa shape index (κ3) is 6.68. The summed E-state index contributed by atoms with van der Waals surface area (Å²) in [5.74, 6) is -1.10. The van der Waals surface area contributed by atoms with Crippen molar-refractivity contribution < 1.29 is 19.5 Å². The zero-order valence-electron chi connectivity index (χ0n) is 19.5. The van der Waals surface area contributed by atoms with Crippen molar-refractivity contribution in [2.75, 3.05) is 22.6 Å². The van der Waals surface area contributed by atoms with Crippen LogP contribution in [-0.4, -0.2) is 30.1 Å². The fraction of sp³-hybridized carbons (Fsp3) is 0.222. The summed E-state index contributed by atoms with van der Waals surface area (Å²) in [6.07, 6.45) is 0.249. The number of rotatable bonds is 8. The van der Waals surface area contributed by atoms with Gasteiger partial charge in [0.1, 0.15) is 0 Å². The van der Waals surface area contributed by atoms with E-state index in [1.165, 1.54) is 0 Å². The Labute approximate surface area is 199 Å². The second kappa shape index (κ2) is 11.1. The SMILES string of the molecule is Cc1ccccc1N(C)C(=O)Nc1ccc(CC(=O)Nc2ccc(C(C)CC(=O)O)cc2)cc1. The van der Waals surface area contributed by atoms with Gasteiger partial charge in [-0.2, -0.15) is 0 Å². The number of aryl methyl sites for hydroxylation is 1. The molecule has 0 spiro atoms. The van der Waals surface area contributed by atoms with Crippen molar-refractivity contribution in [3.63, 3.8) is 0 Å². The number of hydrogen-bond donors (Lipinski definition) is 3. The van der Waals surface area contributed by atoms with Gasteiger partial charge in [0.05, 0.1) is 12.8 Å². The van der Waals surface area contributed by atoms with Gasteiger partial charge in [0.25, 0.3) is 0 Å². The topological polar surface area (TPSA) is 98.7 Å². The van der Waals surface area contributed by atoms with Gasteiger partial charge < -0.3 is 15.7 Å². The van der Waals surface area contributed by atoms with Crippen molar-refractivity contribution in [3.05, 3.63) is 89.5 Å². The van der Waals surface area contributed by atoms with E-state index in [9.17, 15) is 14.4 Å². The van der Waals surface area contributed by atoms with Crippen LogP contribution >= 0.6 is 0 Å². The highest BCUT2D eigenvalue weighted by Gasteiger charge is 2.13. The lowest BCUT2D eigenvalue weighted by atomic mass is 9.98. The Hall–Kier alpha value is -4.13. The fourth-order valence-corrected chi connectivity index (χ4v) is 3.63. The highest BCUT2D eigenvalue weighted by Crippen LogP contribution is 2.22. The van der Waals surface area contributed by atoms with Crippen LogP contribution in [0, 0.1) is 6.92 Å². The van der Waals surface area contributed by atoms with E-state index < -0.39 is 5.97 Å². The summed E-state index contributed by atoms with van der Waals surface area (Å²) in [5.41, 5.74) is 4.85. The Bertz CT molecular complexity index is 1160. The summed E-state index contributed by atoms with van der Waals surface area (Å²) in [5, 5.41) is 14.6. The van der Waals surface area contributed by atoms with E-state index in [0.29, 0.717) is 11.4 Å². The molecule has 3 aromatic carbocycles. The quantitative estimate of drug-likeness (QED) is 0.419. The number of amides is 3. The molecule has 0 heterocycles. The zero-order valence-corrected chi connectivity index (χ0v) is 19.5. The van der Waals surface area contributed by atoms with E-state index in [-0.39, 0.29) is 30.7 Å². The smallest absolute Gasteiger partial charge is 0.326 e. The number of carboxylic acid groups (broad SMARTS) is 1. The minimum Gasteiger partial charge on any atom is -0.481 e. The van der Waals surface area contributed by atoms with Gasteiger partial charge >= 0.3 is 12.0 Å². The molecule has 7 heteroatoms. The van der Waals surface area contributed by atoms with Crippen LogP contribution in [0.4, 0.5) is 21.9 Å². The minimum absolute atomic E-state index is 0.0599. The van der Waals surface area contributed by atoms with Crippen molar-refractivity contribution in [2.24, 2.45) is 0 Å². The lowest BCUT2D eigenvalue weighted by Gasteiger charge is -2.20. The Morgan fingerprint density at radius 3 is 2.09 bits per heavy atom. The van der Waals surface area contributed by atoms with Crippen LogP contribution in [-0.2, 0) is 16.0 Å². The van der Waals surface area contributed by atoms with E-state index in [1.807, 2.05) is 50.2 Å². The molecule has 0 saturated heterocycles. The Morgan fingerprint density at radius 1 is 0.882 bits per heavy atom. The molecule has 0 aromatic heterocycles. The fourth-order valence-electron chi connectivity index (χ4n) is 3.63. The molecule has 3 amide bonds. The molecule has 0 fully saturated rings. The maximum absolute atomic E-state index is 12.6. The monoisotopic (exact) mass is 459 g/mol. The molecule has 0 bridgehead atoms. The largest absolute Gasteiger partial charge is 0.481 e. The van der Waals surface area contributed by atoms with Crippen molar-refractivity contribution in [1.29, 1.82) is 0 Å². The maximum atomic E-state index is 12.6. The van der Waals surface area contributed by atoms with Crippen molar-refractivity contribution in [2.45, 2.75) is 32.6 Å². The highest BCUT2D eigenvalue weighted by molar-refractivity contribution is 6.01. The van der Waals surface area contributed by atoms with Gasteiger partial charge in [-0.3, -0.25) is 14.5 Å². The van der Waals surface area contributed by atoms with Crippen molar-refractivity contribution in [3.8, 4) is 0 Å². The first-order valence-electron chi connectivity index (χ1n) is 11.0. The number of anilines is 3. The molecule has 0 aliphatic heterocycles. The zero-order chi connectivity index (χ0) is 24.7. The molecule has 0 aliphatic carbocycles. The summed E-state index contributed by atoms with van der Waals surface area (Å²) >= 11 is 0. The van der Waals surface area contributed by atoms with Gasteiger partial charge in [-0.25, -0.2) is 4.79 Å². The molecule has 0 aliphatic rings. The number of nitrogens with one attached hydrogen (secondary N) is 2. The molecule has 34 heavy (non-hydrogen) atoms. The van der Waals surface area contributed by atoms with Gasteiger partial charge in [0.2, 0.25) is 5.91 Å². The normalized spacial score (nSPS) is 11.4. The number of carbonyl (C=O) groups excluding carboxylic acids is 2. The van der Waals surface area contributed by atoms with Crippen LogP contribution in [0.3, 0.4) is 0 Å². The van der Waals surface area contributed by atoms with E-state index in [0.717, 1.165) is 22.4 Å². The summed E-state index contributed by atoms with van der Waals surface area (Å²) in [6.45, 7) is 3.81. The molecule has 1 unspecified atom stereocenters. The number of nitrogens with zero attached hydrogens (tertiary/aromatic N) is 1. The average molecular weight is 460 g/mol. The molecular weight excluding hydrogens is 430 g/mol. The van der Waals surface area contributed by atoms with Crippen molar-refractivity contribution in [1.82, 2.24) is 0 Å². The molecule has 1 atom stereocenters. The average Bonchev–Trinajstić information content (AvgIpc) is 2.80. The van der Waals surface area contributed by atoms with E-state index in [4.69, 9.17) is 5.11 Å². The predicted octanol–water partition coefficient (Wildman–Crippen LogP) is 5.42. The molecule has 3 N–H and O–H groups in total. The molecule has 176 valence electrons. The summed E-state index contributed by atoms with van der Waals surface area (Å²) in [6, 6.07) is 21.8. The molecule has 3 rings (SSSR count). The van der Waals surface area contributed by atoms with Gasteiger partial charge in [-0.05, 0) is 59.9 Å². The second-order valence-corrected chi connectivity index (χ2v) is 8.32. The Morgan fingerprint density at radius 2 is 1.47 bits per heavy atom. The number of urea groups is 1. The molecule has 3 aromatic rings. The van der Waals surface area contributed by atoms with E-state index in [1.54, 1.807) is 48.3 Å². The van der Waals surface area contributed by atoms with Crippen LogP contribution in [0.25, 0.3) is 0 Å². The third-order valence-electron chi connectivity index (χ3n) is 5.60. The van der Waals surface area contributed by atoms with Crippen molar-refractivity contribution >= 4 is 35.0 Å². The van der Waals surface area contributed by atoms with E-state index >= 15 is 0 Å². The molecular formula is C27H29N3O4. The first-order valence-corrected chi connectivity index (χ1v) is 11.0. The van der Waals surface area contributed by atoms with E-state index in [2.05, 4.69) is 10.6 Å². The standard InChI is InChI=1S/C27H29N3O4/c1-18-6-4-5-7-24(18)30(3)27(34)29-23-12-8-20(9-13-23)17-25(31)28-22-14-10-21(11-15-22)19(2)16-26(32)33/h4-15,19H,16-17H2,1-3H3,(H,28,31)(H,29,34)(H,32,33). The molecule has 0 radical (unpaired) electrons. The van der Waals surface area contributed by atoms with Gasteiger partial charge in [0, 0.05) is 24.1 Å². The van der Waals surface area contributed by atoms with Gasteiger partial charge in [-0.1, -0.05) is 49.4 Å². The van der Waals surface area contributed by atoms with Gasteiger partial charge in [0.15, 0.2) is 0 Å². The molecule has 0 saturated carbocycles. The maximum Gasteiger partial charge on any atom is 0.326 e. The summed E-state index contributed by atoms with van der Waals surface area (Å²) in [4.78, 5) is 37.4. The number of carboxylic acids is 1. The minimum atomic E-state index is -0.839. The Balaban J connectivity index is 1.53. The highest BCUT2D eigenvalue weighted by atomic mass is 16.4. The lowest BCUT2D eigenvalue weighted by molar-refractivity contribution is -0.137. The number of aliphatic carboxylic acids is 1. The predicted molar refractivity (Wildman–Crippen MR) is 134 cm³/mol. The van der Waals surface area contributed by atoms with Crippen LogP contribution < -0.4 is 15.5 Å². The molecule has 7 nitrogen and oxygen atoms in total. The van der Waals surface area contributed by atoms with Crippen LogP contribution in [0.15, 0.2) is 72.8 Å². The van der Waals surface area contributed by atoms with Gasteiger partial charge in [-0.15, -0.1) is 0 Å². The first kappa shape index (κ1) is 24.5. The third-order valence-corrected chi connectivity index (χ3v) is 5.60. The Kier molecular flexibility index (Phi) is 8.03.